The summed E-state index contributed by atoms with van der Waals surface area (Å²) in [5, 5.41) is 0. The van der Waals surface area contributed by atoms with Crippen molar-refractivity contribution in [1.82, 2.24) is 0 Å². The number of hydrogen-bond acceptors (Lipinski definition) is 3. The van der Waals surface area contributed by atoms with E-state index in [1.807, 2.05) is 0 Å². The van der Waals surface area contributed by atoms with Gasteiger partial charge < -0.3 is 4.42 Å². The predicted molar refractivity (Wildman–Crippen MR) is 48.4 cm³/mol. The maximum atomic E-state index is 11.8. The number of carbonyl (C=O) groups excluding carboxylic acids is 2. The maximum Gasteiger partial charge on any atom is 0.296 e. The van der Waals surface area contributed by atoms with E-state index in [1.165, 1.54) is 12.3 Å². The zero-order valence-corrected chi connectivity index (χ0v) is 7.65. The lowest BCUT2D eigenvalue weighted by Crippen LogP contribution is -2.13. The molecule has 0 spiro atoms. The Balaban J connectivity index is 2.46. The molecule has 15 heavy (non-hydrogen) atoms. The Bertz CT molecular complexity index is 366. The minimum atomic E-state index is -3.09. The summed E-state index contributed by atoms with van der Waals surface area (Å²) < 4.78 is 28.4. The Kier molecular flexibility index (Phi) is 3.91. The second-order valence-electron chi connectivity index (χ2n) is 2.76. The summed E-state index contributed by atoms with van der Waals surface area (Å²) in [5.74, 6) is -1.62. The van der Waals surface area contributed by atoms with E-state index < -0.39 is 24.4 Å². The van der Waals surface area contributed by atoms with Crippen molar-refractivity contribution in [3.8, 4) is 0 Å². The second kappa shape index (κ2) is 5.19. The molecule has 1 aromatic heterocycles. The van der Waals surface area contributed by atoms with Gasteiger partial charge in [0, 0.05) is 0 Å². The zero-order chi connectivity index (χ0) is 11.3. The summed E-state index contributed by atoms with van der Waals surface area (Å²) in [6.07, 6.45) is -0.102. The van der Waals surface area contributed by atoms with Crippen molar-refractivity contribution in [1.29, 1.82) is 0 Å². The summed E-state index contributed by atoms with van der Waals surface area (Å²) in [7, 11) is 0. The third-order valence-corrected chi connectivity index (χ3v) is 1.57. The van der Waals surface area contributed by atoms with Crippen LogP contribution in [-0.4, -0.2) is 18.0 Å². The fraction of sp³-hybridized carbons (Fsp3) is 0.200. The largest absolute Gasteiger partial charge is 0.465 e. The van der Waals surface area contributed by atoms with Crippen LogP contribution in [0.25, 0.3) is 6.08 Å². The fourth-order valence-corrected chi connectivity index (χ4v) is 0.869. The standard InChI is InChI=1S/C10H8F2O3/c11-10(12)9(14)6-7(13)3-4-8-2-1-5-15-8/h1-5,10H,6H2. The van der Waals surface area contributed by atoms with Gasteiger partial charge in [0.1, 0.15) is 5.76 Å². The van der Waals surface area contributed by atoms with E-state index in [0.717, 1.165) is 6.08 Å². The van der Waals surface area contributed by atoms with Gasteiger partial charge in [-0.2, -0.15) is 0 Å². The second-order valence-corrected chi connectivity index (χ2v) is 2.76. The van der Waals surface area contributed by atoms with Gasteiger partial charge in [-0.05, 0) is 24.3 Å². The van der Waals surface area contributed by atoms with Crippen LogP contribution in [0.5, 0.6) is 0 Å². The molecule has 5 heteroatoms. The maximum absolute atomic E-state index is 11.8. The van der Waals surface area contributed by atoms with E-state index in [4.69, 9.17) is 4.42 Å². The highest BCUT2D eigenvalue weighted by Crippen LogP contribution is 2.04. The van der Waals surface area contributed by atoms with Crippen LogP contribution >= 0.6 is 0 Å². The molecule has 0 unspecified atom stereocenters. The molecule has 1 aromatic rings. The van der Waals surface area contributed by atoms with E-state index in [1.54, 1.807) is 12.1 Å². The summed E-state index contributed by atoms with van der Waals surface area (Å²) in [6, 6.07) is 3.22. The Morgan fingerprint density at radius 2 is 2.20 bits per heavy atom. The van der Waals surface area contributed by atoms with Crippen molar-refractivity contribution >= 4 is 17.6 Å². The minimum Gasteiger partial charge on any atom is -0.465 e. The molecule has 0 atom stereocenters. The van der Waals surface area contributed by atoms with E-state index in [2.05, 4.69) is 0 Å². The summed E-state index contributed by atoms with van der Waals surface area (Å²) in [4.78, 5) is 21.5. The molecule has 0 aromatic carbocycles. The first-order valence-electron chi connectivity index (χ1n) is 4.15. The van der Waals surface area contributed by atoms with Gasteiger partial charge in [-0.15, -0.1) is 0 Å². The molecule has 0 N–H and O–H groups in total. The van der Waals surface area contributed by atoms with Gasteiger partial charge in [-0.1, -0.05) is 0 Å². The van der Waals surface area contributed by atoms with E-state index >= 15 is 0 Å². The third kappa shape index (κ3) is 3.84. The van der Waals surface area contributed by atoms with Gasteiger partial charge >= 0.3 is 0 Å². The molecule has 0 saturated heterocycles. The smallest absolute Gasteiger partial charge is 0.296 e. The number of Topliss-reactive ketones (excluding diaryl/α,β-unsaturated/α-hetero) is 1. The van der Waals surface area contributed by atoms with Crippen molar-refractivity contribution in [2.24, 2.45) is 0 Å². The van der Waals surface area contributed by atoms with Gasteiger partial charge in [0.05, 0.1) is 12.7 Å². The number of allylic oxidation sites excluding steroid dienone is 1. The molecule has 3 nitrogen and oxygen atoms in total. The number of halogens is 2. The zero-order valence-electron chi connectivity index (χ0n) is 7.65. The summed E-state index contributed by atoms with van der Waals surface area (Å²) >= 11 is 0. The normalized spacial score (nSPS) is 11.1. The Hall–Kier alpha value is -1.78. The van der Waals surface area contributed by atoms with Crippen LogP contribution in [0.1, 0.15) is 12.2 Å². The lowest BCUT2D eigenvalue weighted by Gasteiger charge is -1.93. The highest BCUT2D eigenvalue weighted by atomic mass is 19.3. The van der Waals surface area contributed by atoms with Gasteiger partial charge in [-0.3, -0.25) is 9.59 Å². The lowest BCUT2D eigenvalue weighted by atomic mass is 10.2. The molecule has 1 rings (SSSR count). The number of furan rings is 1. The number of alkyl halides is 2. The van der Waals surface area contributed by atoms with Crippen LogP contribution < -0.4 is 0 Å². The molecule has 80 valence electrons. The van der Waals surface area contributed by atoms with Crippen LogP contribution in [0.2, 0.25) is 0 Å². The fourth-order valence-electron chi connectivity index (χ4n) is 0.869. The van der Waals surface area contributed by atoms with Gasteiger partial charge in [0.25, 0.3) is 6.43 Å². The van der Waals surface area contributed by atoms with E-state index in [0.29, 0.717) is 5.76 Å². The first kappa shape index (κ1) is 11.3. The molecular weight excluding hydrogens is 206 g/mol. The molecule has 0 fully saturated rings. The Morgan fingerprint density at radius 1 is 1.47 bits per heavy atom. The first-order valence-corrected chi connectivity index (χ1v) is 4.15. The first-order chi connectivity index (χ1) is 7.09. The van der Waals surface area contributed by atoms with Crippen molar-refractivity contribution in [3.05, 3.63) is 30.2 Å². The van der Waals surface area contributed by atoms with Crippen LogP contribution in [-0.2, 0) is 9.59 Å². The molecule has 0 saturated carbocycles. The molecule has 0 aliphatic carbocycles. The number of hydrogen-bond donors (Lipinski definition) is 0. The van der Waals surface area contributed by atoms with Crippen LogP contribution in [0.4, 0.5) is 8.78 Å². The lowest BCUT2D eigenvalue weighted by molar-refractivity contribution is -0.132. The Morgan fingerprint density at radius 3 is 2.73 bits per heavy atom. The molecule has 0 aliphatic heterocycles. The highest BCUT2D eigenvalue weighted by Gasteiger charge is 2.17. The van der Waals surface area contributed by atoms with Gasteiger partial charge in [-0.25, -0.2) is 8.78 Å². The molecule has 0 aliphatic rings. The number of rotatable bonds is 5. The monoisotopic (exact) mass is 214 g/mol. The predicted octanol–water partition coefficient (Wildman–Crippen LogP) is 2.09. The number of ketones is 2. The van der Waals surface area contributed by atoms with Gasteiger partial charge in [0.2, 0.25) is 5.78 Å². The molecule has 0 radical (unpaired) electrons. The molecule has 1 heterocycles. The summed E-state index contributed by atoms with van der Waals surface area (Å²) in [6.45, 7) is 0. The molecular formula is C10H8F2O3. The van der Waals surface area contributed by atoms with Crippen LogP contribution in [0, 0.1) is 0 Å². The third-order valence-electron chi connectivity index (χ3n) is 1.57. The minimum absolute atomic E-state index is 0.424. The van der Waals surface area contributed by atoms with Crippen LogP contribution in [0.3, 0.4) is 0 Å². The van der Waals surface area contributed by atoms with Crippen molar-refractivity contribution in [3.63, 3.8) is 0 Å². The molecule has 0 bridgehead atoms. The summed E-state index contributed by atoms with van der Waals surface area (Å²) in [5.41, 5.74) is 0. The Labute approximate surface area is 84.4 Å². The van der Waals surface area contributed by atoms with E-state index in [9.17, 15) is 18.4 Å². The topological polar surface area (TPSA) is 47.3 Å². The quantitative estimate of drug-likeness (QED) is 0.557. The highest BCUT2D eigenvalue weighted by molar-refractivity contribution is 6.06. The van der Waals surface area contributed by atoms with Crippen molar-refractivity contribution < 1.29 is 22.8 Å². The average molecular weight is 214 g/mol. The van der Waals surface area contributed by atoms with Gasteiger partial charge in [0.15, 0.2) is 5.78 Å². The van der Waals surface area contributed by atoms with Crippen molar-refractivity contribution in [2.45, 2.75) is 12.8 Å². The number of carbonyl (C=O) groups is 2. The van der Waals surface area contributed by atoms with Crippen molar-refractivity contribution in [2.75, 3.05) is 0 Å². The van der Waals surface area contributed by atoms with Crippen LogP contribution in [0.15, 0.2) is 28.9 Å². The SMILES string of the molecule is O=C(C=Cc1ccco1)CC(=O)C(F)F. The average Bonchev–Trinajstić information content (AvgIpc) is 2.66. The van der Waals surface area contributed by atoms with E-state index in [-0.39, 0.29) is 0 Å². The molecule has 0 amide bonds.